The molecule has 2 N–H and O–H groups in total. The summed E-state index contributed by atoms with van der Waals surface area (Å²) in [5.74, 6) is 0.743. The summed E-state index contributed by atoms with van der Waals surface area (Å²) in [6.07, 6.45) is 6.65. The third kappa shape index (κ3) is 5.76. The molecule has 1 saturated carbocycles. The smallest absolute Gasteiger partial charge is 0.255 e. The van der Waals surface area contributed by atoms with Gasteiger partial charge in [-0.05, 0) is 88.3 Å². The van der Waals surface area contributed by atoms with E-state index in [0.717, 1.165) is 41.7 Å². The summed E-state index contributed by atoms with van der Waals surface area (Å²) in [6.45, 7) is 12.3. The van der Waals surface area contributed by atoms with Crippen LogP contribution in [0.25, 0.3) is 17.1 Å². The van der Waals surface area contributed by atoms with Crippen LogP contribution < -0.4 is 14.8 Å². The molecular weight excluding hydrogens is 554 g/mol. The fraction of sp³-hybridized carbons (Fsp3) is 0.400. The molecule has 0 unspecified atom stereocenters. The highest BCUT2D eigenvalue weighted by Gasteiger charge is 2.40. The van der Waals surface area contributed by atoms with Gasteiger partial charge in [0.1, 0.15) is 11.5 Å². The van der Waals surface area contributed by atoms with E-state index in [9.17, 15) is 13.2 Å². The maximum absolute atomic E-state index is 13.6. The quantitative estimate of drug-likeness (QED) is 0.288. The van der Waals surface area contributed by atoms with E-state index in [1.165, 1.54) is 7.11 Å². The van der Waals surface area contributed by atoms with Crippen LogP contribution in [0.4, 0.5) is 11.4 Å². The van der Waals surface area contributed by atoms with Gasteiger partial charge in [0.25, 0.3) is 5.91 Å². The monoisotopic (exact) mass is 591 g/mol. The number of aromatic nitrogens is 5. The molecule has 0 saturated heterocycles. The third-order valence-corrected chi connectivity index (χ3v) is 8.21. The second-order valence-corrected chi connectivity index (χ2v) is 14.0. The number of imidazole rings is 1. The number of amides is 1. The van der Waals surface area contributed by atoms with Crippen molar-refractivity contribution in [3.63, 3.8) is 0 Å². The van der Waals surface area contributed by atoms with E-state index in [2.05, 4.69) is 57.6 Å². The van der Waals surface area contributed by atoms with Crippen LogP contribution in [-0.2, 0) is 21.0 Å². The van der Waals surface area contributed by atoms with E-state index in [1.54, 1.807) is 29.1 Å². The van der Waals surface area contributed by atoms with Crippen molar-refractivity contribution in [3.8, 4) is 22.8 Å². The van der Waals surface area contributed by atoms with E-state index in [4.69, 9.17) is 4.74 Å². The number of hydrogen-bond donors (Lipinski definition) is 2. The predicted octanol–water partition coefficient (Wildman–Crippen LogP) is 5.19. The Morgan fingerprint density at radius 1 is 1.10 bits per heavy atom. The zero-order chi connectivity index (χ0) is 30.6. The lowest BCUT2D eigenvalue weighted by atomic mass is 9.96. The van der Waals surface area contributed by atoms with E-state index in [1.807, 2.05) is 32.2 Å². The predicted molar refractivity (Wildman–Crippen MR) is 163 cm³/mol. The van der Waals surface area contributed by atoms with Gasteiger partial charge in [-0.2, -0.15) is 0 Å². The average molecular weight is 592 g/mol. The van der Waals surface area contributed by atoms with E-state index in [-0.39, 0.29) is 28.3 Å². The Morgan fingerprint density at radius 3 is 2.40 bits per heavy atom. The van der Waals surface area contributed by atoms with Crippen LogP contribution in [0, 0.1) is 13.8 Å². The van der Waals surface area contributed by atoms with Crippen molar-refractivity contribution >= 4 is 27.3 Å². The topological polar surface area (TPSA) is 133 Å². The van der Waals surface area contributed by atoms with E-state index < -0.39 is 10.0 Å². The standard InChI is InChI=1S/C30H37N7O4S/c1-18-9-10-20(13-25(18)36-17-24(33-35-36)26-16-31-19(2)37(26)29(3,4)5)28(38)32-22-14-21(30(6)11-12-30)15-23(27(22)41-7)34-42(8,39)40/h9-10,13-17,34H,11-12H2,1-8H3,(H,32,38). The molecule has 4 aromatic rings. The Hall–Kier alpha value is -4.19. The number of ether oxygens (including phenoxy) is 1. The van der Waals surface area contributed by atoms with Gasteiger partial charge in [-0.25, -0.2) is 18.1 Å². The summed E-state index contributed by atoms with van der Waals surface area (Å²) < 4.78 is 36.1. The van der Waals surface area contributed by atoms with Crippen molar-refractivity contribution in [1.29, 1.82) is 0 Å². The Labute approximate surface area is 246 Å². The number of nitrogens with one attached hydrogen (secondary N) is 2. The molecule has 2 aromatic carbocycles. The van der Waals surface area contributed by atoms with Gasteiger partial charge in [0.15, 0.2) is 5.75 Å². The van der Waals surface area contributed by atoms with Gasteiger partial charge in [0, 0.05) is 11.1 Å². The molecule has 1 amide bonds. The lowest BCUT2D eigenvalue weighted by Crippen LogP contribution is -2.24. The number of methoxy groups -OCH3 is 1. The summed E-state index contributed by atoms with van der Waals surface area (Å²) in [4.78, 5) is 18.1. The highest BCUT2D eigenvalue weighted by Crippen LogP contribution is 2.50. The van der Waals surface area contributed by atoms with Gasteiger partial charge >= 0.3 is 0 Å². The first-order valence-electron chi connectivity index (χ1n) is 13.7. The highest BCUT2D eigenvalue weighted by molar-refractivity contribution is 7.92. The number of carbonyl (C=O) groups excluding carboxylic acids is 1. The SMILES string of the molecule is COc1c(NC(=O)c2ccc(C)c(-n3cc(-c4cnc(C)n4C(C)(C)C)nn3)c2)cc(C2(C)CC2)cc1NS(C)(=O)=O. The molecule has 0 radical (unpaired) electrons. The molecule has 0 spiro atoms. The number of hydrogen-bond acceptors (Lipinski definition) is 7. The molecule has 42 heavy (non-hydrogen) atoms. The molecule has 2 aromatic heterocycles. The number of aryl methyl sites for hydroxylation is 2. The molecule has 1 aliphatic rings. The first-order chi connectivity index (χ1) is 19.6. The number of benzene rings is 2. The second-order valence-electron chi connectivity index (χ2n) is 12.2. The Morgan fingerprint density at radius 2 is 1.79 bits per heavy atom. The fourth-order valence-corrected chi connectivity index (χ4v) is 5.76. The third-order valence-electron chi connectivity index (χ3n) is 7.62. The highest BCUT2D eigenvalue weighted by atomic mass is 32.2. The van der Waals surface area contributed by atoms with Crippen LogP contribution >= 0.6 is 0 Å². The minimum absolute atomic E-state index is 0.0809. The van der Waals surface area contributed by atoms with E-state index in [0.29, 0.717) is 22.6 Å². The number of carbonyl (C=O) groups is 1. The molecule has 5 rings (SSSR count). The van der Waals surface area contributed by atoms with Crippen molar-refractivity contribution in [1.82, 2.24) is 24.5 Å². The number of sulfonamides is 1. The molecule has 222 valence electrons. The van der Waals surface area contributed by atoms with Crippen LogP contribution in [0.5, 0.6) is 5.75 Å². The summed E-state index contributed by atoms with van der Waals surface area (Å²) in [5, 5.41) is 11.7. The van der Waals surface area contributed by atoms with Crippen molar-refractivity contribution in [2.24, 2.45) is 0 Å². The van der Waals surface area contributed by atoms with Gasteiger partial charge in [-0.3, -0.25) is 9.52 Å². The van der Waals surface area contributed by atoms with Gasteiger partial charge in [-0.15, -0.1) is 5.10 Å². The lowest BCUT2D eigenvalue weighted by molar-refractivity contribution is 0.102. The van der Waals surface area contributed by atoms with Crippen molar-refractivity contribution < 1.29 is 17.9 Å². The average Bonchev–Trinajstić information content (AvgIpc) is 3.27. The Kier molecular flexibility index (Phi) is 7.16. The summed E-state index contributed by atoms with van der Waals surface area (Å²) >= 11 is 0. The van der Waals surface area contributed by atoms with Crippen molar-refractivity contribution in [3.05, 3.63) is 65.2 Å². The number of rotatable bonds is 8. The normalized spacial score (nSPS) is 14.5. The maximum Gasteiger partial charge on any atom is 0.255 e. The maximum atomic E-state index is 13.6. The molecule has 11 nitrogen and oxygen atoms in total. The van der Waals surface area contributed by atoms with Crippen LogP contribution in [0.3, 0.4) is 0 Å². The molecule has 12 heteroatoms. The lowest BCUT2D eigenvalue weighted by Gasteiger charge is -2.24. The first-order valence-corrected chi connectivity index (χ1v) is 15.6. The number of anilines is 2. The Bertz CT molecular complexity index is 1790. The zero-order valence-electron chi connectivity index (χ0n) is 25.2. The Balaban J connectivity index is 1.49. The fourth-order valence-electron chi connectivity index (χ4n) is 5.20. The van der Waals surface area contributed by atoms with E-state index >= 15 is 0 Å². The number of nitrogens with zero attached hydrogens (tertiary/aromatic N) is 5. The van der Waals surface area contributed by atoms with Gasteiger partial charge < -0.3 is 14.6 Å². The summed E-state index contributed by atoms with van der Waals surface area (Å²) in [7, 11) is -2.14. The summed E-state index contributed by atoms with van der Waals surface area (Å²) in [6, 6.07) is 8.98. The van der Waals surface area contributed by atoms with Gasteiger partial charge in [-0.1, -0.05) is 18.2 Å². The molecular formula is C30H37N7O4S. The molecule has 1 aliphatic carbocycles. The van der Waals surface area contributed by atoms with Crippen molar-refractivity contribution in [2.45, 2.75) is 65.3 Å². The van der Waals surface area contributed by atoms with Crippen LogP contribution in [0.2, 0.25) is 0 Å². The first kappa shape index (κ1) is 29.3. The van der Waals surface area contributed by atoms with Gasteiger partial charge in [0.2, 0.25) is 10.0 Å². The largest absolute Gasteiger partial charge is 0.492 e. The van der Waals surface area contributed by atoms with Gasteiger partial charge in [0.05, 0.1) is 48.5 Å². The van der Waals surface area contributed by atoms with Crippen LogP contribution in [-0.4, -0.2) is 52.2 Å². The molecule has 0 bridgehead atoms. The van der Waals surface area contributed by atoms with Crippen LogP contribution in [0.1, 0.15) is 67.8 Å². The minimum atomic E-state index is -3.58. The zero-order valence-corrected chi connectivity index (χ0v) is 26.0. The van der Waals surface area contributed by atoms with Crippen LogP contribution in [0.15, 0.2) is 42.7 Å². The minimum Gasteiger partial charge on any atom is -0.492 e. The van der Waals surface area contributed by atoms with Crippen molar-refractivity contribution in [2.75, 3.05) is 23.4 Å². The second kappa shape index (κ2) is 10.3. The molecule has 1 fully saturated rings. The molecule has 2 heterocycles. The summed E-state index contributed by atoms with van der Waals surface area (Å²) in [5.41, 5.74) is 4.84. The molecule has 0 aliphatic heterocycles. The molecule has 0 atom stereocenters.